The molecule has 0 aliphatic rings. The molecule has 0 aliphatic carbocycles. The molecule has 0 saturated heterocycles. The van der Waals surface area contributed by atoms with Gasteiger partial charge in [-0.3, -0.25) is 9.52 Å². The Morgan fingerprint density at radius 1 is 1.43 bits per heavy atom. The van der Waals surface area contributed by atoms with Crippen molar-refractivity contribution in [3.05, 3.63) is 11.1 Å². The van der Waals surface area contributed by atoms with Crippen molar-refractivity contribution in [2.24, 2.45) is 5.41 Å². The van der Waals surface area contributed by atoms with Crippen molar-refractivity contribution in [1.29, 1.82) is 0 Å². The Bertz CT molecular complexity index is 576. The number of aliphatic hydroxyl groups is 1. The standard InChI is InChI=1S/C12H21N3O4S2/c1-12(2,3)4-5-13-10(17)9-8-20-11(14-9)15-21(18,19)7-6-16/h8,16H,4-7H2,1-3H3,(H,13,17)(H,14,15). The van der Waals surface area contributed by atoms with Gasteiger partial charge in [-0.05, 0) is 11.8 Å². The van der Waals surface area contributed by atoms with Gasteiger partial charge in [-0.2, -0.15) is 0 Å². The number of amides is 1. The third kappa shape index (κ3) is 6.87. The van der Waals surface area contributed by atoms with Crippen molar-refractivity contribution in [3.63, 3.8) is 0 Å². The van der Waals surface area contributed by atoms with E-state index in [1.165, 1.54) is 5.38 Å². The maximum Gasteiger partial charge on any atom is 0.270 e. The summed E-state index contributed by atoms with van der Waals surface area (Å²) < 4.78 is 25.1. The van der Waals surface area contributed by atoms with Gasteiger partial charge in [-0.15, -0.1) is 11.3 Å². The molecule has 1 heterocycles. The molecule has 0 radical (unpaired) electrons. The van der Waals surface area contributed by atoms with E-state index in [1.54, 1.807) is 0 Å². The number of nitrogens with zero attached hydrogens (tertiary/aromatic N) is 1. The normalized spacial score (nSPS) is 12.2. The first-order valence-corrected chi connectivity index (χ1v) is 9.01. The summed E-state index contributed by atoms with van der Waals surface area (Å²) in [7, 11) is -3.62. The van der Waals surface area contributed by atoms with E-state index in [9.17, 15) is 13.2 Å². The predicted molar refractivity (Wildman–Crippen MR) is 83.0 cm³/mol. The lowest BCUT2D eigenvalue weighted by Gasteiger charge is -2.17. The monoisotopic (exact) mass is 335 g/mol. The summed E-state index contributed by atoms with van der Waals surface area (Å²) in [6.45, 7) is 6.30. The van der Waals surface area contributed by atoms with Crippen LogP contribution in [0, 0.1) is 5.41 Å². The second-order valence-electron chi connectivity index (χ2n) is 5.75. The average Bonchev–Trinajstić information content (AvgIpc) is 2.74. The molecule has 0 unspecified atom stereocenters. The van der Waals surface area contributed by atoms with E-state index in [1.807, 2.05) is 0 Å². The fourth-order valence-electron chi connectivity index (χ4n) is 1.37. The van der Waals surface area contributed by atoms with Crippen LogP contribution in [0.1, 0.15) is 37.7 Å². The third-order valence-electron chi connectivity index (χ3n) is 2.50. The summed E-state index contributed by atoms with van der Waals surface area (Å²) in [4.78, 5) is 15.8. The van der Waals surface area contributed by atoms with Gasteiger partial charge in [0.1, 0.15) is 5.69 Å². The van der Waals surface area contributed by atoms with E-state index < -0.39 is 22.4 Å². The first-order valence-electron chi connectivity index (χ1n) is 6.48. The van der Waals surface area contributed by atoms with Gasteiger partial charge < -0.3 is 10.4 Å². The molecule has 7 nitrogen and oxygen atoms in total. The predicted octanol–water partition coefficient (Wildman–Crippen LogP) is 1.04. The highest BCUT2D eigenvalue weighted by Gasteiger charge is 2.16. The van der Waals surface area contributed by atoms with Crippen LogP contribution in [0.5, 0.6) is 0 Å². The van der Waals surface area contributed by atoms with Crippen LogP contribution in [0.25, 0.3) is 0 Å². The second-order valence-corrected chi connectivity index (χ2v) is 8.45. The molecule has 1 aromatic heterocycles. The summed E-state index contributed by atoms with van der Waals surface area (Å²) in [5.41, 5.74) is 0.302. The van der Waals surface area contributed by atoms with Crippen LogP contribution in [-0.4, -0.2) is 43.3 Å². The second kappa shape index (κ2) is 7.19. The Labute approximate surface area is 128 Å². The highest BCUT2D eigenvalue weighted by Crippen LogP contribution is 2.18. The molecule has 1 rings (SSSR count). The lowest BCUT2D eigenvalue weighted by molar-refractivity contribution is 0.0945. The smallest absolute Gasteiger partial charge is 0.270 e. The Hall–Kier alpha value is -1.19. The Morgan fingerprint density at radius 3 is 2.67 bits per heavy atom. The van der Waals surface area contributed by atoms with Crippen molar-refractivity contribution < 1.29 is 18.3 Å². The molecule has 1 aromatic rings. The number of sulfonamides is 1. The first kappa shape index (κ1) is 17.9. The van der Waals surface area contributed by atoms with Crippen molar-refractivity contribution in [2.45, 2.75) is 27.2 Å². The molecule has 0 fully saturated rings. The van der Waals surface area contributed by atoms with Crippen LogP contribution in [0.4, 0.5) is 5.13 Å². The SMILES string of the molecule is CC(C)(C)CCNC(=O)c1csc(NS(=O)(=O)CCO)n1. The van der Waals surface area contributed by atoms with Crippen LogP contribution in [-0.2, 0) is 10.0 Å². The molecule has 0 atom stereocenters. The number of aliphatic hydroxyl groups excluding tert-OH is 1. The summed E-state index contributed by atoms with van der Waals surface area (Å²) in [5, 5.41) is 13.0. The number of hydrogen-bond acceptors (Lipinski definition) is 6. The molecular formula is C12H21N3O4S2. The van der Waals surface area contributed by atoms with Crippen LogP contribution in [0.3, 0.4) is 0 Å². The maximum absolute atomic E-state index is 11.9. The van der Waals surface area contributed by atoms with Gasteiger partial charge in [0.05, 0.1) is 12.4 Å². The Morgan fingerprint density at radius 2 is 2.10 bits per heavy atom. The minimum absolute atomic E-state index is 0.115. The summed E-state index contributed by atoms with van der Waals surface area (Å²) in [6.07, 6.45) is 0.832. The van der Waals surface area contributed by atoms with Crippen LogP contribution < -0.4 is 10.0 Å². The summed E-state index contributed by atoms with van der Waals surface area (Å²) in [5.74, 6) is -0.734. The topological polar surface area (TPSA) is 108 Å². The van der Waals surface area contributed by atoms with E-state index in [0.717, 1.165) is 17.8 Å². The van der Waals surface area contributed by atoms with Crippen LogP contribution in [0.2, 0.25) is 0 Å². The summed E-state index contributed by atoms with van der Waals surface area (Å²) >= 11 is 1.03. The number of anilines is 1. The van der Waals surface area contributed by atoms with Gasteiger partial charge in [0.25, 0.3) is 5.91 Å². The molecule has 120 valence electrons. The Balaban J connectivity index is 2.57. The van der Waals surface area contributed by atoms with Gasteiger partial charge in [-0.25, -0.2) is 13.4 Å². The van der Waals surface area contributed by atoms with Crippen molar-refractivity contribution in [3.8, 4) is 0 Å². The molecule has 0 spiro atoms. The maximum atomic E-state index is 11.9. The molecule has 0 aliphatic heterocycles. The molecule has 21 heavy (non-hydrogen) atoms. The van der Waals surface area contributed by atoms with E-state index in [0.29, 0.717) is 6.54 Å². The zero-order chi connectivity index (χ0) is 16.1. The molecule has 9 heteroatoms. The van der Waals surface area contributed by atoms with Crippen molar-refractivity contribution in [2.75, 3.05) is 23.6 Å². The fraction of sp³-hybridized carbons (Fsp3) is 0.667. The van der Waals surface area contributed by atoms with Gasteiger partial charge in [0.15, 0.2) is 5.13 Å². The Kier molecular flexibility index (Phi) is 6.11. The van der Waals surface area contributed by atoms with Gasteiger partial charge >= 0.3 is 0 Å². The molecule has 1 amide bonds. The quantitative estimate of drug-likeness (QED) is 0.690. The zero-order valence-corrected chi connectivity index (χ0v) is 14.0. The van der Waals surface area contributed by atoms with Gasteiger partial charge in [-0.1, -0.05) is 20.8 Å². The number of carbonyl (C=O) groups excluding carboxylic acids is 1. The van der Waals surface area contributed by atoms with E-state index >= 15 is 0 Å². The van der Waals surface area contributed by atoms with E-state index in [4.69, 9.17) is 5.11 Å². The number of carbonyl (C=O) groups is 1. The minimum Gasteiger partial charge on any atom is -0.395 e. The largest absolute Gasteiger partial charge is 0.395 e. The molecule has 0 bridgehead atoms. The highest BCUT2D eigenvalue weighted by atomic mass is 32.2. The third-order valence-corrected chi connectivity index (χ3v) is 4.61. The lowest BCUT2D eigenvalue weighted by Crippen LogP contribution is -2.27. The van der Waals surface area contributed by atoms with E-state index in [-0.39, 0.29) is 22.1 Å². The molecule has 0 saturated carbocycles. The fourth-order valence-corrected chi connectivity index (χ4v) is 3.13. The van der Waals surface area contributed by atoms with Crippen molar-refractivity contribution >= 4 is 32.4 Å². The van der Waals surface area contributed by atoms with Gasteiger partial charge in [0.2, 0.25) is 10.0 Å². The van der Waals surface area contributed by atoms with Crippen molar-refractivity contribution in [1.82, 2.24) is 10.3 Å². The number of aromatic nitrogens is 1. The molecule has 0 aromatic carbocycles. The number of rotatable bonds is 7. The molecule has 3 N–H and O–H groups in total. The number of nitrogens with one attached hydrogen (secondary N) is 2. The minimum atomic E-state index is -3.62. The highest BCUT2D eigenvalue weighted by molar-refractivity contribution is 7.92. The van der Waals surface area contributed by atoms with Crippen LogP contribution in [0.15, 0.2) is 5.38 Å². The molecular weight excluding hydrogens is 314 g/mol. The van der Waals surface area contributed by atoms with Gasteiger partial charge in [0, 0.05) is 11.9 Å². The average molecular weight is 335 g/mol. The zero-order valence-electron chi connectivity index (χ0n) is 12.3. The summed E-state index contributed by atoms with van der Waals surface area (Å²) in [6, 6.07) is 0. The van der Waals surface area contributed by atoms with E-state index in [2.05, 4.69) is 35.8 Å². The number of hydrogen-bond donors (Lipinski definition) is 3. The first-order chi connectivity index (χ1) is 9.63. The number of thiazole rings is 1. The lowest BCUT2D eigenvalue weighted by atomic mass is 9.92. The van der Waals surface area contributed by atoms with Crippen LogP contribution >= 0.6 is 11.3 Å².